The lowest BCUT2D eigenvalue weighted by atomic mass is 10.1. The van der Waals surface area contributed by atoms with E-state index in [4.69, 9.17) is 5.73 Å². The van der Waals surface area contributed by atoms with Crippen molar-refractivity contribution in [3.05, 3.63) is 54.1 Å². The minimum Gasteiger partial charge on any atom is -0.508 e. The van der Waals surface area contributed by atoms with Crippen molar-refractivity contribution in [1.82, 2.24) is 0 Å². The molecule has 0 saturated carbocycles. The van der Waals surface area contributed by atoms with Crippen LogP contribution in [0.1, 0.15) is 12.5 Å². The van der Waals surface area contributed by atoms with E-state index in [0.717, 1.165) is 24.3 Å². The molecule has 0 fully saturated rings. The number of aryl methyl sites for hydroxylation is 1. The fourth-order valence-electron chi connectivity index (χ4n) is 2.11. The molecular weight excluding hydrogens is 236 g/mol. The third-order valence-corrected chi connectivity index (χ3v) is 3.15. The fraction of sp³-hybridized carbons (Fsp3) is 0.250. The van der Waals surface area contributed by atoms with E-state index in [1.54, 1.807) is 12.1 Å². The van der Waals surface area contributed by atoms with Crippen molar-refractivity contribution in [1.29, 1.82) is 0 Å². The molecule has 0 aromatic heterocycles. The Morgan fingerprint density at radius 3 is 2.37 bits per heavy atom. The lowest BCUT2D eigenvalue weighted by molar-refractivity contribution is 0.475. The number of rotatable bonds is 5. The van der Waals surface area contributed by atoms with E-state index in [-0.39, 0.29) is 5.75 Å². The molecule has 0 unspecified atom stereocenters. The summed E-state index contributed by atoms with van der Waals surface area (Å²) in [6.45, 7) is 3.42. The quantitative estimate of drug-likeness (QED) is 0.864. The van der Waals surface area contributed by atoms with Crippen LogP contribution >= 0.6 is 0 Å². The van der Waals surface area contributed by atoms with Gasteiger partial charge in [-0.3, -0.25) is 0 Å². The van der Waals surface area contributed by atoms with Crippen LogP contribution in [0.3, 0.4) is 0 Å². The zero-order chi connectivity index (χ0) is 13.7. The first-order valence-electron chi connectivity index (χ1n) is 6.60. The molecule has 0 amide bonds. The Kier molecular flexibility index (Phi) is 4.42. The lowest BCUT2D eigenvalue weighted by Crippen LogP contribution is -2.24. The van der Waals surface area contributed by atoms with Crippen LogP contribution in [-0.2, 0) is 6.42 Å². The van der Waals surface area contributed by atoms with Crippen LogP contribution in [0.2, 0.25) is 0 Å². The zero-order valence-corrected chi connectivity index (χ0v) is 11.2. The van der Waals surface area contributed by atoms with Gasteiger partial charge < -0.3 is 15.7 Å². The van der Waals surface area contributed by atoms with E-state index >= 15 is 0 Å². The van der Waals surface area contributed by atoms with Gasteiger partial charge in [-0.2, -0.15) is 0 Å². The van der Waals surface area contributed by atoms with Crippen molar-refractivity contribution >= 4 is 11.4 Å². The van der Waals surface area contributed by atoms with E-state index in [2.05, 4.69) is 36.1 Å². The Hall–Kier alpha value is -2.00. The van der Waals surface area contributed by atoms with Crippen LogP contribution in [0, 0.1) is 0 Å². The topological polar surface area (TPSA) is 49.5 Å². The molecule has 0 bridgehead atoms. The van der Waals surface area contributed by atoms with Crippen LogP contribution in [0.4, 0.5) is 11.4 Å². The summed E-state index contributed by atoms with van der Waals surface area (Å²) < 4.78 is 0. The molecule has 3 nitrogen and oxygen atoms in total. The van der Waals surface area contributed by atoms with Gasteiger partial charge in [-0.25, -0.2) is 0 Å². The fourth-order valence-corrected chi connectivity index (χ4v) is 2.11. The van der Waals surface area contributed by atoms with Crippen molar-refractivity contribution in [2.75, 3.05) is 18.0 Å². The van der Waals surface area contributed by atoms with Gasteiger partial charge in [0, 0.05) is 30.5 Å². The molecule has 2 aromatic carbocycles. The summed E-state index contributed by atoms with van der Waals surface area (Å²) in [5, 5.41) is 9.60. The van der Waals surface area contributed by atoms with Gasteiger partial charge in [0.25, 0.3) is 0 Å². The summed E-state index contributed by atoms with van der Waals surface area (Å²) >= 11 is 0. The standard InChI is InChI=1S/C16H20N2O/c1-2-13-6-8-14(9-7-13)18(11-10-17)15-4-3-5-16(19)12-15/h3-9,12,19H,2,10-11,17H2,1H3. The normalized spacial score (nSPS) is 10.4. The minimum absolute atomic E-state index is 0.268. The molecule has 2 aromatic rings. The van der Waals surface area contributed by atoms with Crippen molar-refractivity contribution in [3.8, 4) is 5.75 Å². The van der Waals surface area contributed by atoms with Crippen LogP contribution in [-0.4, -0.2) is 18.2 Å². The van der Waals surface area contributed by atoms with E-state index < -0.39 is 0 Å². The Morgan fingerprint density at radius 2 is 1.79 bits per heavy atom. The SMILES string of the molecule is CCc1ccc(N(CCN)c2cccc(O)c2)cc1. The molecule has 100 valence electrons. The van der Waals surface area contributed by atoms with Gasteiger partial charge in [-0.15, -0.1) is 0 Å². The highest BCUT2D eigenvalue weighted by Crippen LogP contribution is 2.27. The molecule has 0 atom stereocenters. The third kappa shape index (κ3) is 3.26. The first-order chi connectivity index (χ1) is 9.24. The monoisotopic (exact) mass is 256 g/mol. The molecule has 0 aliphatic carbocycles. The molecule has 0 spiro atoms. The summed E-state index contributed by atoms with van der Waals surface area (Å²) in [5.41, 5.74) is 9.05. The maximum Gasteiger partial charge on any atom is 0.117 e. The summed E-state index contributed by atoms with van der Waals surface area (Å²) in [7, 11) is 0. The minimum atomic E-state index is 0.268. The second kappa shape index (κ2) is 6.25. The van der Waals surface area contributed by atoms with Crippen LogP contribution in [0.15, 0.2) is 48.5 Å². The number of hydrogen-bond acceptors (Lipinski definition) is 3. The lowest BCUT2D eigenvalue weighted by Gasteiger charge is -2.24. The Balaban J connectivity index is 2.33. The molecule has 2 rings (SSSR count). The summed E-state index contributed by atoms with van der Waals surface area (Å²) in [6, 6.07) is 15.7. The van der Waals surface area contributed by atoms with Gasteiger partial charge in [0.15, 0.2) is 0 Å². The number of aromatic hydroxyl groups is 1. The van der Waals surface area contributed by atoms with Gasteiger partial charge in [0.2, 0.25) is 0 Å². The number of phenolic OH excluding ortho intramolecular Hbond substituents is 1. The summed E-state index contributed by atoms with van der Waals surface area (Å²) in [5.74, 6) is 0.268. The van der Waals surface area contributed by atoms with Crippen molar-refractivity contribution < 1.29 is 5.11 Å². The molecule has 3 N–H and O–H groups in total. The number of hydrogen-bond donors (Lipinski definition) is 2. The Labute approximate surface area is 114 Å². The molecule has 3 heteroatoms. The number of benzene rings is 2. The number of nitrogens with two attached hydrogens (primary N) is 1. The highest BCUT2D eigenvalue weighted by Gasteiger charge is 2.08. The van der Waals surface area contributed by atoms with Gasteiger partial charge in [0.05, 0.1) is 0 Å². The molecule has 19 heavy (non-hydrogen) atoms. The molecule has 0 aliphatic rings. The highest BCUT2D eigenvalue weighted by molar-refractivity contribution is 5.64. The second-order valence-electron chi connectivity index (χ2n) is 4.48. The molecule has 0 aliphatic heterocycles. The number of nitrogens with zero attached hydrogens (tertiary/aromatic N) is 1. The number of anilines is 2. The van der Waals surface area contributed by atoms with Crippen molar-refractivity contribution in [2.45, 2.75) is 13.3 Å². The first kappa shape index (κ1) is 13.4. The van der Waals surface area contributed by atoms with Gasteiger partial charge in [0.1, 0.15) is 5.75 Å². The average molecular weight is 256 g/mol. The van der Waals surface area contributed by atoms with E-state index in [1.165, 1.54) is 5.56 Å². The molecule has 0 heterocycles. The number of phenols is 1. The maximum atomic E-state index is 9.60. The van der Waals surface area contributed by atoms with Gasteiger partial charge in [-0.05, 0) is 36.2 Å². The van der Waals surface area contributed by atoms with Crippen molar-refractivity contribution in [3.63, 3.8) is 0 Å². The second-order valence-corrected chi connectivity index (χ2v) is 4.48. The zero-order valence-electron chi connectivity index (χ0n) is 11.2. The predicted octanol–water partition coefficient (Wildman–Crippen LogP) is 3.05. The van der Waals surface area contributed by atoms with E-state index in [9.17, 15) is 5.11 Å². The predicted molar refractivity (Wildman–Crippen MR) is 80.0 cm³/mol. The van der Waals surface area contributed by atoms with E-state index in [0.29, 0.717) is 6.54 Å². The van der Waals surface area contributed by atoms with Gasteiger partial charge in [-0.1, -0.05) is 25.1 Å². The molecular formula is C16H20N2O. The maximum absolute atomic E-state index is 9.60. The van der Waals surface area contributed by atoms with E-state index in [1.807, 2.05) is 12.1 Å². The highest BCUT2D eigenvalue weighted by atomic mass is 16.3. The van der Waals surface area contributed by atoms with Crippen LogP contribution in [0.25, 0.3) is 0 Å². The molecule has 0 saturated heterocycles. The molecule has 0 radical (unpaired) electrons. The average Bonchev–Trinajstić information content (AvgIpc) is 2.45. The van der Waals surface area contributed by atoms with Crippen molar-refractivity contribution in [2.24, 2.45) is 5.73 Å². The Bertz CT molecular complexity index is 523. The largest absolute Gasteiger partial charge is 0.508 e. The first-order valence-corrected chi connectivity index (χ1v) is 6.60. The summed E-state index contributed by atoms with van der Waals surface area (Å²) in [4.78, 5) is 2.11. The Morgan fingerprint density at radius 1 is 1.05 bits per heavy atom. The smallest absolute Gasteiger partial charge is 0.117 e. The summed E-state index contributed by atoms with van der Waals surface area (Å²) in [6.07, 6.45) is 1.03. The van der Waals surface area contributed by atoms with Crippen LogP contribution in [0.5, 0.6) is 5.75 Å². The van der Waals surface area contributed by atoms with Crippen LogP contribution < -0.4 is 10.6 Å². The van der Waals surface area contributed by atoms with Gasteiger partial charge >= 0.3 is 0 Å². The third-order valence-electron chi connectivity index (χ3n) is 3.15.